The van der Waals surface area contributed by atoms with Crippen LogP contribution in [0.15, 0.2) is 42.5 Å². The molecule has 0 unspecified atom stereocenters. The van der Waals surface area contributed by atoms with E-state index in [1.807, 2.05) is 12.1 Å². The van der Waals surface area contributed by atoms with Crippen molar-refractivity contribution in [2.24, 2.45) is 0 Å². The van der Waals surface area contributed by atoms with Crippen molar-refractivity contribution in [1.29, 1.82) is 0 Å². The van der Waals surface area contributed by atoms with Crippen LogP contribution in [0.1, 0.15) is 25.3 Å². The summed E-state index contributed by atoms with van der Waals surface area (Å²) in [6.45, 7) is 2.14. The summed E-state index contributed by atoms with van der Waals surface area (Å²) < 4.78 is 5.04. The maximum absolute atomic E-state index is 12.0. The molecule has 0 aliphatic rings. The highest BCUT2D eigenvalue weighted by Gasteiger charge is 2.14. The first kappa shape index (κ1) is 18.8. The van der Waals surface area contributed by atoms with Crippen LogP contribution in [0.2, 0.25) is 5.02 Å². The number of aryl methyl sites for hydroxylation is 1. The van der Waals surface area contributed by atoms with Crippen molar-refractivity contribution in [3.05, 3.63) is 53.1 Å². The number of anilines is 2. The molecule has 2 aromatic rings. The maximum Gasteiger partial charge on any atom is 0.314 e. The summed E-state index contributed by atoms with van der Waals surface area (Å²) in [5.74, 6) is -1.02. The number of hydrogen-bond donors (Lipinski definition) is 2. The quantitative estimate of drug-likeness (QED) is 0.756. The van der Waals surface area contributed by atoms with Crippen LogP contribution < -0.4 is 15.4 Å². The van der Waals surface area contributed by atoms with Crippen molar-refractivity contribution in [3.63, 3.8) is 0 Å². The van der Waals surface area contributed by atoms with Gasteiger partial charge < -0.3 is 15.4 Å². The van der Waals surface area contributed by atoms with Gasteiger partial charge in [0.25, 0.3) is 0 Å². The Morgan fingerprint density at radius 2 is 1.60 bits per heavy atom. The minimum absolute atomic E-state index is 0.350. The summed E-state index contributed by atoms with van der Waals surface area (Å²) in [5, 5.41) is 5.43. The Hall–Kier alpha value is -2.53. The SMILES string of the molecule is CCCCc1ccc(NC(=O)C(=O)Nc2ccc(OC)c(Cl)c2)cc1. The number of nitrogens with one attached hydrogen (secondary N) is 2. The molecule has 6 heteroatoms. The first-order valence-electron chi connectivity index (χ1n) is 8.08. The molecule has 25 heavy (non-hydrogen) atoms. The lowest BCUT2D eigenvalue weighted by molar-refractivity contribution is -0.132. The number of methoxy groups -OCH3 is 1. The molecule has 0 aromatic heterocycles. The molecule has 2 amide bonds. The Bertz CT molecular complexity index is 745. The molecule has 0 aliphatic carbocycles. The van der Waals surface area contributed by atoms with Gasteiger partial charge in [-0.25, -0.2) is 0 Å². The minimum Gasteiger partial charge on any atom is -0.495 e. The third-order valence-corrected chi connectivity index (χ3v) is 3.94. The van der Waals surface area contributed by atoms with Crippen LogP contribution in [0.3, 0.4) is 0 Å². The maximum atomic E-state index is 12.0. The molecule has 0 saturated heterocycles. The Morgan fingerprint density at radius 1 is 1.00 bits per heavy atom. The van der Waals surface area contributed by atoms with Gasteiger partial charge in [0, 0.05) is 11.4 Å². The number of carbonyl (C=O) groups excluding carboxylic acids is 2. The highest BCUT2D eigenvalue weighted by molar-refractivity contribution is 6.43. The molecule has 0 bridgehead atoms. The molecule has 0 spiro atoms. The van der Waals surface area contributed by atoms with E-state index in [1.165, 1.54) is 18.7 Å². The van der Waals surface area contributed by atoms with E-state index in [2.05, 4.69) is 17.6 Å². The van der Waals surface area contributed by atoms with Gasteiger partial charge in [0.05, 0.1) is 12.1 Å². The number of unbranched alkanes of at least 4 members (excludes halogenated alkanes) is 1. The molecule has 2 aromatic carbocycles. The molecule has 0 fully saturated rings. The van der Waals surface area contributed by atoms with Gasteiger partial charge >= 0.3 is 11.8 Å². The molecule has 2 N–H and O–H groups in total. The lowest BCUT2D eigenvalue weighted by Crippen LogP contribution is -2.29. The predicted octanol–water partition coefficient (Wildman–Crippen LogP) is 4.27. The second kappa shape index (κ2) is 9.08. The Balaban J connectivity index is 1.93. The average Bonchev–Trinajstić information content (AvgIpc) is 2.61. The Morgan fingerprint density at radius 3 is 2.16 bits per heavy atom. The third kappa shape index (κ3) is 5.50. The number of hydrogen-bond acceptors (Lipinski definition) is 3. The van der Waals surface area contributed by atoms with Gasteiger partial charge in [-0.05, 0) is 48.7 Å². The summed E-state index contributed by atoms with van der Waals surface area (Å²) in [6.07, 6.45) is 3.26. The first-order valence-corrected chi connectivity index (χ1v) is 8.46. The normalized spacial score (nSPS) is 10.2. The van der Waals surface area contributed by atoms with Crippen LogP contribution in [0.4, 0.5) is 11.4 Å². The van der Waals surface area contributed by atoms with E-state index in [9.17, 15) is 9.59 Å². The van der Waals surface area contributed by atoms with E-state index < -0.39 is 11.8 Å². The van der Waals surface area contributed by atoms with E-state index in [4.69, 9.17) is 16.3 Å². The fourth-order valence-corrected chi connectivity index (χ4v) is 2.51. The van der Waals surface area contributed by atoms with Gasteiger partial charge in [-0.3, -0.25) is 9.59 Å². The lowest BCUT2D eigenvalue weighted by atomic mass is 10.1. The zero-order valence-electron chi connectivity index (χ0n) is 14.3. The molecular formula is C19H21ClN2O3. The van der Waals surface area contributed by atoms with Gasteiger partial charge in [-0.15, -0.1) is 0 Å². The summed E-state index contributed by atoms with van der Waals surface area (Å²) in [5.41, 5.74) is 2.20. The first-order chi connectivity index (χ1) is 12.0. The van der Waals surface area contributed by atoms with Crippen molar-refractivity contribution in [3.8, 4) is 5.75 Å². The number of amides is 2. The molecule has 2 rings (SSSR count). The van der Waals surface area contributed by atoms with E-state index in [0.717, 1.165) is 19.3 Å². The predicted molar refractivity (Wildman–Crippen MR) is 100 cm³/mol. The zero-order chi connectivity index (χ0) is 18.2. The third-order valence-electron chi connectivity index (χ3n) is 3.65. The molecule has 0 heterocycles. The van der Waals surface area contributed by atoms with E-state index >= 15 is 0 Å². The highest BCUT2D eigenvalue weighted by atomic mass is 35.5. The number of benzene rings is 2. The van der Waals surface area contributed by atoms with Crippen molar-refractivity contribution in [2.45, 2.75) is 26.2 Å². The Labute approximate surface area is 152 Å². The molecule has 132 valence electrons. The highest BCUT2D eigenvalue weighted by Crippen LogP contribution is 2.27. The average molecular weight is 361 g/mol. The Kier molecular flexibility index (Phi) is 6.83. The smallest absolute Gasteiger partial charge is 0.314 e. The number of ether oxygens (including phenoxy) is 1. The van der Waals surface area contributed by atoms with E-state index in [0.29, 0.717) is 22.1 Å². The molecule has 0 aliphatic heterocycles. The molecule has 0 atom stereocenters. The van der Waals surface area contributed by atoms with Crippen LogP contribution in [0, 0.1) is 0 Å². The van der Waals surface area contributed by atoms with Crippen LogP contribution in [-0.4, -0.2) is 18.9 Å². The van der Waals surface area contributed by atoms with Crippen molar-refractivity contribution in [2.75, 3.05) is 17.7 Å². The zero-order valence-corrected chi connectivity index (χ0v) is 15.0. The monoisotopic (exact) mass is 360 g/mol. The number of rotatable bonds is 6. The lowest BCUT2D eigenvalue weighted by Gasteiger charge is -2.09. The molecule has 0 saturated carbocycles. The van der Waals surface area contributed by atoms with E-state index in [-0.39, 0.29) is 0 Å². The van der Waals surface area contributed by atoms with Gasteiger partial charge in [0.15, 0.2) is 0 Å². The molecule has 0 radical (unpaired) electrons. The standard InChI is InChI=1S/C19H21ClN2O3/c1-3-4-5-13-6-8-14(9-7-13)21-18(23)19(24)22-15-10-11-17(25-2)16(20)12-15/h6-12H,3-5H2,1-2H3,(H,21,23)(H,22,24). The van der Waals surface area contributed by atoms with Gasteiger partial charge in [-0.2, -0.15) is 0 Å². The van der Waals surface area contributed by atoms with Crippen LogP contribution in [0.25, 0.3) is 0 Å². The second-order valence-electron chi connectivity index (χ2n) is 5.56. The number of carbonyl (C=O) groups is 2. The van der Waals surface area contributed by atoms with Crippen LogP contribution in [0.5, 0.6) is 5.75 Å². The fraction of sp³-hybridized carbons (Fsp3) is 0.263. The topological polar surface area (TPSA) is 67.4 Å². The van der Waals surface area contributed by atoms with Crippen molar-refractivity contribution in [1.82, 2.24) is 0 Å². The van der Waals surface area contributed by atoms with Gasteiger partial charge in [0.2, 0.25) is 0 Å². The summed E-state index contributed by atoms with van der Waals surface area (Å²) in [4.78, 5) is 24.0. The van der Waals surface area contributed by atoms with Gasteiger partial charge in [0.1, 0.15) is 5.75 Å². The minimum atomic E-state index is -0.767. The summed E-state index contributed by atoms with van der Waals surface area (Å²) in [6, 6.07) is 12.2. The van der Waals surface area contributed by atoms with E-state index in [1.54, 1.807) is 24.3 Å². The van der Waals surface area contributed by atoms with Crippen LogP contribution in [-0.2, 0) is 16.0 Å². The van der Waals surface area contributed by atoms with Crippen molar-refractivity contribution < 1.29 is 14.3 Å². The van der Waals surface area contributed by atoms with Gasteiger partial charge in [-0.1, -0.05) is 37.1 Å². The van der Waals surface area contributed by atoms with Crippen molar-refractivity contribution >= 4 is 34.8 Å². The molecular weight excluding hydrogens is 340 g/mol. The largest absolute Gasteiger partial charge is 0.495 e. The molecule has 5 nitrogen and oxygen atoms in total. The van der Waals surface area contributed by atoms with Crippen LogP contribution >= 0.6 is 11.6 Å². The second-order valence-corrected chi connectivity index (χ2v) is 5.97. The summed E-state index contributed by atoms with van der Waals surface area (Å²) >= 11 is 6.00. The summed E-state index contributed by atoms with van der Waals surface area (Å²) in [7, 11) is 1.50. The number of halogens is 1. The fourth-order valence-electron chi connectivity index (χ4n) is 2.26.